The Hall–Kier alpha value is -1.96. The van der Waals surface area contributed by atoms with Crippen LogP contribution in [-0.2, 0) is 24.3 Å². The monoisotopic (exact) mass is 383 g/mol. The Kier molecular flexibility index (Phi) is 6.52. The molecule has 0 heterocycles. The zero-order valence-corrected chi connectivity index (χ0v) is 15.2. The zero-order valence-electron chi connectivity index (χ0n) is 13.6. The van der Waals surface area contributed by atoms with Crippen LogP contribution >= 0.6 is 11.6 Å². The first-order valence-corrected chi connectivity index (χ1v) is 9.49. The summed E-state index contributed by atoms with van der Waals surface area (Å²) in [5.41, 5.74) is 0. The van der Waals surface area contributed by atoms with Gasteiger partial charge in [0.2, 0.25) is 10.0 Å². The van der Waals surface area contributed by atoms with E-state index in [0.717, 1.165) is 9.69 Å². The van der Waals surface area contributed by atoms with Crippen LogP contribution in [-0.4, -0.2) is 44.7 Å². The van der Waals surface area contributed by atoms with Gasteiger partial charge in [-0.25, -0.2) is 8.42 Å². The lowest BCUT2D eigenvalue weighted by Gasteiger charge is -2.20. The average Bonchev–Trinajstić information content (AvgIpc) is 2.58. The highest BCUT2D eigenvalue weighted by Crippen LogP contribution is 2.24. The summed E-state index contributed by atoms with van der Waals surface area (Å²) in [6.07, 6.45) is 0.595. The fraction of sp³-hybridized carbons (Fsp3) is 0.294. The second-order valence-electron chi connectivity index (χ2n) is 5.25. The van der Waals surface area contributed by atoms with Crippen LogP contribution in [0.4, 0.5) is 0 Å². The maximum atomic E-state index is 12.9. The van der Waals surface area contributed by atoms with Crippen LogP contribution in [0.15, 0.2) is 41.3 Å². The quantitative estimate of drug-likeness (QED) is 0.517. The summed E-state index contributed by atoms with van der Waals surface area (Å²) in [4.78, 5) is 22.4. The average molecular weight is 384 g/mol. The number of hydrogen-bond donors (Lipinski definition) is 0. The molecule has 6 nitrogen and oxygen atoms in total. The third-order valence-electron chi connectivity index (χ3n) is 3.52. The second kappa shape index (κ2) is 8.42. The number of carbonyl (C=O) groups excluding carboxylic acids is 2. The van der Waals surface area contributed by atoms with Crippen molar-refractivity contribution in [2.24, 2.45) is 0 Å². The van der Waals surface area contributed by atoms with E-state index in [9.17, 15) is 18.0 Å². The molecule has 8 heteroatoms. The molecular formula is C17H18ClNO5S. The highest BCUT2D eigenvalue weighted by Gasteiger charge is 2.27. The van der Waals surface area contributed by atoms with Crippen molar-refractivity contribution in [1.82, 2.24) is 4.31 Å². The first kappa shape index (κ1) is 19.4. The number of rotatable bonds is 8. The van der Waals surface area contributed by atoms with E-state index in [-0.39, 0.29) is 24.5 Å². The van der Waals surface area contributed by atoms with Gasteiger partial charge in [0, 0.05) is 18.0 Å². The van der Waals surface area contributed by atoms with Gasteiger partial charge in [-0.1, -0.05) is 23.7 Å². The molecule has 0 aliphatic carbocycles. The minimum absolute atomic E-state index is 0.0121. The van der Waals surface area contributed by atoms with Crippen LogP contribution in [0.2, 0.25) is 5.02 Å². The Balaban J connectivity index is 2.38. The van der Waals surface area contributed by atoms with Crippen molar-refractivity contribution >= 4 is 44.7 Å². The van der Waals surface area contributed by atoms with Gasteiger partial charge in [0.15, 0.2) is 0 Å². The molecule has 0 aliphatic heterocycles. The van der Waals surface area contributed by atoms with Gasteiger partial charge in [0.1, 0.15) is 12.8 Å². The van der Waals surface area contributed by atoms with Crippen molar-refractivity contribution in [2.75, 3.05) is 19.7 Å². The molecule has 134 valence electrons. The molecule has 0 N–H and O–H groups in total. The molecule has 0 atom stereocenters. The molecule has 2 rings (SSSR count). The number of nitrogens with zero attached hydrogens (tertiary/aromatic N) is 1. The Morgan fingerprint density at radius 1 is 1.20 bits per heavy atom. The lowest BCUT2D eigenvalue weighted by molar-refractivity contribution is -0.143. The number of benzene rings is 2. The maximum absolute atomic E-state index is 12.9. The number of fused-ring (bicyclic) bond motifs is 1. The maximum Gasteiger partial charge on any atom is 0.321 e. The predicted molar refractivity (Wildman–Crippen MR) is 95.0 cm³/mol. The standard InChI is InChI=1S/C17H18ClNO5S/c1-2-24-17(21)12-19(8-3-9-20)25(22,23)16-7-5-13-10-15(18)6-4-14(13)11-16/h4-7,9-11H,2-3,8,12H2,1H3. The predicted octanol–water partition coefficient (Wildman–Crippen LogP) is 2.64. The number of ether oxygens (including phenoxy) is 1. The van der Waals surface area contributed by atoms with E-state index in [4.69, 9.17) is 16.3 Å². The van der Waals surface area contributed by atoms with Gasteiger partial charge < -0.3 is 9.53 Å². The van der Waals surface area contributed by atoms with Crippen LogP contribution in [0.3, 0.4) is 0 Å². The zero-order chi connectivity index (χ0) is 18.4. The van der Waals surface area contributed by atoms with E-state index in [1.165, 1.54) is 12.1 Å². The first-order valence-electron chi connectivity index (χ1n) is 7.67. The van der Waals surface area contributed by atoms with E-state index < -0.39 is 22.5 Å². The summed E-state index contributed by atoms with van der Waals surface area (Å²) < 4.78 is 31.5. The Morgan fingerprint density at radius 2 is 1.88 bits per heavy atom. The molecule has 0 spiro atoms. The van der Waals surface area contributed by atoms with Crippen LogP contribution in [0, 0.1) is 0 Å². The van der Waals surface area contributed by atoms with Crippen molar-refractivity contribution in [2.45, 2.75) is 18.2 Å². The van der Waals surface area contributed by atoms with Crippen LogP contribution in [0.25, 0.3) is 10.8 Å². The van der Waals surface area contributed by atoms with Gasteiger partial charge in [0.25, 0.3) is 0 Å². The molecule has 0 aromatic heterocycles. The smallest absolute Gasteiger partial charge is 0.321 e. The number of carbonyl (C=O) groups is 2. The number of hydrogen-bond acceptors (Lipinski definition) is 5. The Bertz CT molecular complexity index is 882. The van der Waals surface area contributed by atoms with Gasteiger partial charge in [-0.05, 0) is 42.0 Å². The minimum atomic E-state index is -3.95. The highest BCUT2D eigenvalue weighted by atomic mass is 35.5. The molecule has 0 bridgehead atoms. The van der Waals surface area contributed by atoms with Crippen molar-refractivity contribution in [3.63, 3.8) is 0 Å². The van der Waals surface area contributed by atoms with E-state index in [1.807, 2.05) is 0 Å². The highest BCUT2D eigenvalue weighted by molar-refractivity contribution is 7.89. The molecule has 2 aromatic rings. The van der Waals surface area contributed by atoms with E-state index in [1.54, 1.807) is 31.2 Å². The third kappa shape index (κ3) is 4.78. The van der Waals surface area contributed by atoms with Crippen LogP contribution in [0.5, 0.6) is 0 Å². The Morgan fingerprint density at radius 3 is 2.56 bits per heavy atom. The SMILES string of the molecule is CCOC(=O)CN(CCC=O)S(=O)(=O)c1ccc2cc(Cl)ccc2c1. The molecule has 0 fully saturated rings. The number of esters is 1. The molecule has 0 aliphatic rings. The lowest BCUT2D eigenvalue weighted by Crippen LogP contribution is -2.37. The van der Waals surface area contributed by atoms with Gasteiger partial charge >= 0.3 is 5.97 Å². The molecule has 0 radical (unpaired) electrons. The summed E-state index contributed by atoms with van der Waals surface area (Å²) in [6, 6.07) is 9.74. The van der Waals surface area contributed by atoms with Gasteiger partial charge in [-0.2, -0.15) is 4.31 Å². The van der Waals surface area contributed by atoms with Crippen LogP contribution < -0.4 is 0 Å². The molecule has 0 amide bonds. The normalized spacial score (nSPS) is 11.6. The lowest BCUT2D eigenvalue weighted by atomic mass is 10.1. The van der Waals surface area contributed by atoms with Crippen molar-refractivity contribution in [1.29, 1.82) is 0 Å². The van der Waals surface area contributed by atoms with E-state index in [2.05, 4.69) is 0 Å². The van der Waals surface area contributed by atoms with E-state index >= 15 is 0 Å². The molecule has 0 unspecified atom stereocenters. The summed E-state index contributed by atoms with van der Waals surface area (Å²) in [6.45, 7) is 1.25. The second-order valence-corrected chi connectivity index (χ2v) is 7.63. The summed E-state index contributed by atoms with van der Waals surface area (Å²) in [5.74, 6) is -0.662. The summed E-state index contributed by atoms with van der Waals surface area (Å²) >= 11 is 5.93. The first-order chi connectivity index (χ1) is 11.9. The fourth-order valence-corrected chi connectivity index (χ4v) is 3.95. The fourth-order valence-electron chi connectivity index (χ4n) is 2.34. The number of sulfonamides is 1. The van der Waals surface area contributed by atoms with E-state index in [0.29, 0.717) is 16.7 Å². The summed E-state index contributed by atoms with van der Waals surface area (Å²) in [7, 11) is -3.95. The number of aldehydes is 1. The van der Waals surface area contributed by atoms with Gasteiger partial charge in [0.05, 0.1) is 11.5 Å². The number of halogens is 1. The molecular weight excluding hydrogens is 366 g/mol. The Labute approximate surface area is 151 Å². The van der Waals surface area contributed by atoms with Crippen molar-refractivity contribution < 1.29 is 22.7 Å². The van der Waals surface area contributed by atoms with Crippen LogP contribution in [0.1, 0.15) is 13.3 Å². The topological polar surface area (TPSA) is 80.8 Å². The molecule has 2 aromatic carbocycles. The van der Waals surface area contributed by atoms with Gasteiger partial charge in [-0.3, -0.25) is 4.79 Å². The van der Waals surface area contributed by atoms with Crippen molar-refractivity contribution in [3.8, 4) is 0 Å². The third-order valence-corrected chi connectivity index (χ3v) is 5.59. The molecule has 0 saturated carbocycles. The summed E-state index contributed by atoms with van der Waals surface area (Å²) in [5, 5.41) is 2.06. The van der Waals surface area contributed by atoms with Gasteiger partial charge in [-0.15, -0.1) is 0 Å². The largest absolute Gasteiger partial charge is 0.465 e. The molecule has 0 saturated heterocycles. The molecule has 25 heavy (non-hydrogen) atoms. The minimum Gasteiger partial charge on any atom is -0.465 e. The van der Waals surface area contributed by atoms with Crippen molar-refractivity contribution in [3.05, 3.63) is 41.4 Å².